The molecule has 7 N–H and O–H groups in total. The number of aromatic amines is 1. The summed E-state index contributed by atoms with van der Waals surface area (Å²) in [4.78, 5) is 8.49. The van der Waals surface area contributed by atoms with E-state index in [1.807, 2.05) is 40.0 Å². The summed E-state index contributed by atoms with van der Waals surface area (Å²) < 4.78 is 12.0. The Hall–Kier alpha value is -1.63. The van der Waals surface area contributed by atoms with E-state index in [0.29, 0.717) is 6.42 Å². The average molecular weight is 484 g/mol. The van der Waals surface area contributed by atoms with Crippen molar-refractivity contribution < 1.29 is 44.8 Å². The zero-order chi connectivity index (χ0) is 25.0. The topological polar surface area (TPSA) is 155 Å². The molecule has 10 heteroatoms. The summed E-state index contributed by atoms with van der Waals surface area (Å²) in [5.74, 6) is -1.15. The van der Waals surface area contributed by atoms with Crippen LogP contribution in [0.2, 0.25) is 0 Å². The third-order valence-corrected chi connectivity index (χ3v) is 6.59. The van der Waals surface area contributed by atoms with Gasteiger partial charge in [0.1, 0.15) is 18.0 Å². The summed E-state index contributed by atoms with van der Waals surface area (Å²) in [6.07, 6.45) is 0.142. The van der Waals surface area contributed by atoms with Gasteiger partial charge in [-0.3, -0.25) is 4.84 Å². The lowest BCUT2D eigenvalue weighted by molar-refractivity contribution is -0.379. The first kappa shape index (κ1) is 27.0. The van der Waals surface area contributed by atoms with Gasteiger partial charge in [0.2, 0.25) is 0 Å². The number of pyridine rings is 1. The predicted octanol–water partition coefficient (Wildman–Crippen LogP) is 0.140. The van der Waals surface area contributed by atoms with Gasteiger partial charge < -0.3 is 35.0 Å². The highest BCUT2D eigenvalue weighted by molar-refractivity contribution is 5.12. The van der Waals surface area contributed by atoms with Crippen molar-refractivity contribution in [1.29, 1.82) is 0 Å². The first-order chi connectivity index (χ1) is 16.0. The number of ether oxygens (including phenoxy) is 2. The number of aryl methyl sites for hydroxylation is 1. The molecule has 0 aromatic carbocycles. The van der Waals surface area contributed by atoms with Crippen molar-refractivity contribution in [3.63, 3.8) is 0 Å². The normalized spacial score (nSPS) is 34.6. The van der Waals surface area contributed by atoms with Crippen LogP contribution < -0.4 is 10.5 Å². The molecular weight excluding hydrogens is 444 g/mol. The Kier molecular flexibility index (Phi) is 9.04. The summed E-state index contributed by atoms with van der Waals surface area (Å²) in [5.41, 5.74) is 4.20. The highest BCUT2D eigenvalue weighted by Gasteiger charge is 2.49. The maximum absolute atomic E-state index is 10.8. The molecule has 1 aliphatic heterocycles. The molecule has 1 aliphatic carbocycles. The maximum atomic E-state index is 10.8. The van der Waals surface area contributed by atoms with E-state index in [1.165, 1.54) is 6.08 Å². The monoisotopic (exact) mass is 483 g/mol. The second-order valence-electron chi connectivity index (χ2n) is 10.3. The fraction of sp³-hybridized carbons (Fsp3) is 0.708. The first-order valence-corrected chi connectivity index (χ1v) is 11.7. The van der Waals surface area contributed by atoms with Gasteiger partial charge in [-0.2, -0.15) is 5.48 Å². The van der Waals surface area contributed by atoms with E-state index in [4.69, 9.17) is 14.3 Å². The molecule has 1 aromatic rings. The summed E-state index contributed by atoms with van der Waals surface area (Å²) in [5, 5.41) is 51.4. The fourth-order valence-electron chi connectivity index (χ4n) is 4.88. The molecule has 0 bridgehead atoms. The van der Waals surface area contributed by atoms with Gasteiger partial charge in [0.15, 0.2) is 18.6 Å². The van der Waals surface area contributed by atoms with Gasteiger partial charge in [-0.1, -0.05) is 20.8 Å². The third-order valence-electron chi connectivity index (χ3n) is 6.59. The van der Waals surface area contributed by atoms with Crippen molar-refractivity contribution in [2.45, 2.75) is 77.5 Å². The van der Waals surface area contributed by atoms with Crippen LogP contribution in [0.1, 0.15) is 38.3 Å². The van der Waals surface area contributed by atoms with E-state index in [-0.39, 0.29) is 25.6 Å². The van der Waals surface area contributed by atoms with Crippen LogP contribution in [0.3, 0.4) is 0 Å². The van der Waals surface area contributed by atoms with Crippen LogP contribution in [0.25, 0.3) is 0 Å². The fourth-order valence-corrected chi connectivity index (χ4v) is 4.88. The molecule has 3 rings (SSSR count). The molecule has 34 heavy (non-hydrogen) atoms. The molecule has 1 saturated carbocycles. The van der Waals surface area contributed by atoms with E-state index in [2.05, 4.69) is 10.5 Å². The number of nitrogens with one attached hydrogen (secondary N) is 2. The van der Waals surface area contributed by atoms with E-state index in [0.717, 1.165) is 11.1 Å². The molecule has 1 aromatic heterocycles. The standard InChI is InChI=1S/C24H38N2O8/c1-13-5-14(9-25-8-13)12-32-26-23-16(29)7-17(19(11-28)34-23)33-18-6-15(10-27)21(30)22(31)20(18)24(2,3)4/h5,7-9,15,17-23,26-31H,6,10-12H2,1-4H3/p+1/t15?,17-,18+,19?,20?,21-,22-,23+/m0/s1. The zero-order valence-corrected chi connectivity index (χ0v) is 20.2. The van der Waals surface area contributed by atoms with E-state index >= 15 is 0 Å². The molecule has 0 saturated heterocycles. The van der Waals surface area contributed by atoms with Crippen molar-refractivity contribution >= 4 is 0 Å². The smallest absolute Gasteiger partial charge is 0.187 e. The molecule has 1 fully saturated rings. The van der Waals surface area contributed by atoms with Crippen LogP contribution in [0.4, 0.5) is 0 Å². The van der Waals surface area contributed by atoms with Crippen LogP contribution >= 0.6 is 0 Å². The minimum Gasteiger partial charge on any atom is -0.508 e. The number of aliphatic hydroxyl groups excluding tert-OH is 5. The second kappa shape index (κ2) is 11.4. The zero-order valence-electron chi connectivity index (χ0n) is 20.2. The van der Waals surface area contributed by atoms with Crippen LogP contribution in [0.15, 0.2) is 30.3 Å². The molecule has 0 amide bonds. The third kappa shape index (κ3) is 6.32. The second-order valence-corrected chi connectivity index (χ2v) is 10.3. The molecular formula is C24H39N2O8+. The van der Waals surface area contributed by atoms with Gasteiger partial charge in [-0.05, 0) is 30.9 Å². The van der Waals surface area contributed by atoms with Crippen LogP contribution in [0, 0.1) is 24.2 Å². The highest BCUT2D eigenvalue weighted by atomic mass is 16.7. The van der Waals surface area contributed by atoms with Gasteiger partial charge in [-0.15, -0.1) is 0 Å². The van der Waals surface area contributed by atoms with E-state index < -0.39 is 54.0 Å². The summed E-state index contributed by atoms with van der Waals surface area (Å²) in [6, 6.07) is 1.96. The summed E-state index contributed by atoms with van der Waals surface area (Å²) in [7, 11) is 0. The van der Waals surface area contributed by atoms with Gasteiger partial charge in [0.25, 0.3) is 0 Å². The Morgan fingerprint density at radius 1 is 1.15 bits per heavy atom. The van der Waals surface area contributed by atoms with Gasteiger partial charge in [0, 0.05) is 29.6 Å². The summed E-state index contributed by atoms with van der Waals surface area (Å²) >= 11 is 0. The van der Waals surface area contributed by atoms with Crippen molar-refractivity contribution in [3.8, 4) is 0 Å². The van der Waals surface area contributed by atoms with Crippen LogP contribution in [0.5, 0.6) is 0 Å². The Morgan fingerprint density at radius 2 is 1.88 bits per heavy atom. The maximum Gasteiger partial charge on any atom is 0.187 e. The quantitative estimate of drug-likeness (QED) is 0.283. The number of hydrogen-bond donors (Lipinski definition) is 6. The Morgan fingerprint density at radius 3 is 2.50 bits per heavy atom. The molecule has 10 nitrogen and oxygen atoms in total. The molecule has 8 atom stereocenters. The SMILES string of the molecule is Cc1c[nH+]cc(CON[C@@H]2OC(CO)[C@@H](O[C@@H]3CC(CO)[C@H](O)[C@@H](O)C3C(C)(C)C)C=C2O)c1. The number of hydrogen-bond acceptors (Lipinski definition) is 9. The lowest BCUT2D eigenvalue weighted by Gasteiger charge is -2.49. The van der Waals surface area contributed by atoms with Gasteiger partial charge in [-0.25, -0.2) is 4.98 Å². The molecule has 2 heterocycles. The number of rotatable bonds is 8. The van der Waals surface area contributed by atoms with Crippen LogP contribution in [-0.4, -0.2) is 75.5 Å². The molecule has 0 radical (unpaired) electrons. The van der Waals surface area contributed by atoms with Crippen molar-refractivity contribution in [3.05, 3.63) is 41.4 Å². The largest absolute Gasteiger partial charge is 0.508 e. The number of hydroxylamine groups is 1. The minimum absolute atomic E-state index is 0.159. The lowest BCUT2D eigenvalue weighted by atomic mass is 9.65. The van der Waals surface area contributed by atoms with Gasteiger partial charge >= 0.3 is 0 Å². The Labute approximate surface area is 200 Å². The lowest BCUT2D eigenvalue weighted by Crippen LogP contribution is -2.57. The van der Waals surface area contributed by atoms with E-state index in [1.54, 1.807) is 6.20 Å². The van der Waals surface area contributed by atoms with Crippen molar-refractivity contribution in [2.24, 2.45) is 17.3 Å². The number of aromatic nitrogens is 1. The summed E-state index contributed by atoms with van der Waals surface area (Å²) in [6.45, 7) is 7.36. The average Bonchev–Trinajstić information content (AvgIpc) is 2.76. The number of H-pyrrole nitrogens is 1. The number of aliphatic hydroxyl groups is 5. The molecule has 192 valence electrons. The Balaban J connectivity index is 1.69. The van der Waals surface area contributed by atoms with E-state index in [9.17, 15) is 25.5 Å². The van der Waals surface area contributed by atoms with Crippen LogP contribution in [-0.2, 0) is 20.9 Å². The van der Waals surface area contributed by atoms with Crippen molar-refractivity contribution in [1.82, 2.24) is 5.48 Å². The highest BCUT2D eigenvalue weighted by Crippen LogP contribution is 2.43. The van der Waals surface area contributed by atoms with Crippen molar-refractivity contribution in [2.75, 3.05) is 13.2 Å². The molecule has 0 spiro atoms. The van der Waals surface area contributed by atoms with Gasteiger partial charge in [0.05, 0.1) is 31.5 Å². The predicted molar refractivity (Wildman–Crippen MR) is 121 cm³/mol. The first-order valence-electron chi connectivity index (χ1n) is 11.7. The Bertz CT molecular complexity index is 829. The molecule has 3 unspecified atom stereocenters. The minimum atomic E-state index is -1.09. The molecule has 2 aliphatic rings.